The van der Waals surface area contributed by atoms with Crippen LogP contribution in [0, 0.1) is 11.8 Å². The van der Waals surface area contributed by atoms with E-state index in [4.69, 9.17) is 5.11 Å². The fourth-order valence-corrected chi connectivity index (χ4v) is 2.30. The molecule has 1 aliphatic rings. The van der Waals surface area contributed by atoms with Crippen molar-refractivity contribution in [3.05, 3.63) is 48.3 Å². The summed E-state index contributed by atoms with van der Waals surface area (Å²) >= 11 is 0. The highest BCUT2D eigenvalue weighted by molar-refractivity contribution is 5.97. The minimum atomic E-state index is -0.914. The molecule has 0 bridgehead atoms. The summed E-state index contributed by atoms with van der Waals surface area (Å²) in [6, 6.07) is 9.83. The molecule has 2 N–H and O–H groups in total. The zero-order valence-electron chi connectivity index (χ0n) is 11.3. The van der Waals surface area contributed by atoms with Crippen molar-refractivity contribution >= 4 is 17.8 Å². The number of carbonyl (C=O) groups is 2. The molecule has 1 saturated carbocycles. The maximum Gasteiger partial charge on any atom is 0.307 e. The van der Waals surface area contributed by atoms with Crippen LogP contribution in [0.25, 0.3) is 0 Å². The van der Waals surface area contributed by atoms with Crippen LogP contribution in [0.4, 0.5) is 5.95 Å². The van der Waals surface area contributed by atoms with Crippen LogP contribution in [-0.2, 0) is 16.1 Å². The SMILES string of the molecule is O=C(O)[C@@H]1C[C@H]1C(=O)Nc1nccn1Cc1ccccc1. The normalized spacial score (nSPS) is 20.0. The van der Waals surface area contributed by atoms with Crippen LogP contribution in [0.3, 0.4) is 0 Å². The molecule has 1 aromatic heterocycles. The van der Waals surface area contributed by atoms with E-state index in [1.165, 1.54) is 0 Å². The lowest BCUT2D eigenvalue weighted by molar-refractivity contribution is -0.139. The molecule has 0 saturated heterocycles. The number of rotatable bonds is 5. The van der Waals surface area contributed by atoms with Crippen LogP contribution in [0.5, 0.6) is 0 Å². The van der Waals surface area contributed by atoms with Gasteiger partial charge in [-0.2, -0.15) is 0 Å². The van der Waals surface area contributed by atoms with Gasteiger partial charge >= 0.3 is 5.97 Å². The summed E-state index contributed by atoms with van der Waals surface area (Å²) < 4.78 is 1.82. The minimum absolute atomic E-state index is 0.275. The van der Waals surface area contributed by atoms with Crippen molar-refractivity contribution in [2.45, 2.75) is 13.0 Å². The first-order chi connectivity index (χ1) is 10.1. The molecular formula is C15H15N3O3. The molecule has 1 aliphatic carbocycles. The van der Waals surface area contributed by atoms with E-state index in [0.29, 0.717) is 18.9 Å². The Kier molecular flexibility index (Phi) is 3.43. The maximum absolute atomic E-state index is 12.0. The fraction of sp³-hybridized carbons (Fsp3) is 0.267. The Morgan fingerprint density at radius 3 is 2.71 bits per heavy atom. The first-order valence-corrected chi connectivity index (χ1v) is 6.74. The van der Waals surface area contributed by atoms with E-state index in [9.17, 15) is 9.59 Å². The molecule has 1 amide bonds. The van der Waals surface area contributed by atoms with E-state index in [2.05, 4.69) is 10.3 Å². The quantitative estimate of drug-likeness (QED) is 0.873. The molecule has 2 atom stereocenters. The third-order valence-electron chi connectivity index (χ3n) is 3.59. The molecular weight excluding hydrogens is 270 g/mol. The van der Waals surface area contributed by atoms with Crippen molar-refractivity contribution in [3.8, 4) is 0 Å². The van der Waals surface area contributed by atoms with Gasteiger partial charge in [-0.25, -0.2) is 4.98 Å². The maximum atomic E-state index is 12.0. The second kappa shape index (κ2) is 5.40. The van der Waals surface area contributed by atoms with Crippen molar-refractivity contribution in [1.82, 2.24) is 9.55 Å². The number of carboxylic acid groups (broad SMARTS) is 1. The average molecular weight is 285 g/mol. The molecule has 0 radical (unpaired) electrons. The highest BCUT2D eigenvalue weighted by atomic mass is 16.4. The molecule has 1 aromatic carbocycles. The van der Waals surface area contributed by atoms with Gasteiger partial charge in [0, 0.05) is 12.4 Å². The standard InChI is InChI=1S/C15H15N3O3/c19-13(11-8-12(11)14(20)21)17-15-16-6-7-18(15)9-10-4-2-1-3-5-10/h1-7,11-12H,8-9H2,(H,20,21)(H,16,17,19)/t11-,12-/m1/s1. The molecule has 21 heavy (non-hydrogen) atoms. The largest absolute Gasteiger partial charge is 0.481 e. The first kappa shape index (κ1) is 13.4. The molecule has 0 aliphatic heterocycles. The van der Waals surface area contributed by atoms with Gasteiger partial charge in [-0.05, 0) is 12.0 Å². The molecule has 0 unspecified atom stereocenters. The minimum Gasteiger partial charge on any atom is -0.481 e. The summed E-state index contributed by atoms with van der Waals surface area (Å²) in [6.07, 6.45) is 3.80. The van der Waals surface area contributed by atoms with Crippen molar-refractivity contribution in [3.63, 3.8) is 0 Å². The predicted octanol–water partition coefficient (Wildman–Crippen LogP) is 1.59. The van der Waals surface area contributed by atoms with Gasteiger partial charge in [0.2, 0.25) is 11.9 Å². The molecule has 1 heterocycles. The number of nitrogens with zero attached hydrogens (tertiary/aromatic N) is 2. The Morgan fingerprint density at radius 1 is 1.29 bits per heavy atom. The highest BCUT2D eigenvalue weighted by Crippen LogP contribution is 2.39. The monoisotopic (exact) mass is 285 g/mol. The molecule has 108 valence electrons. The molecule has 0 spiro atoms. The Morgan fingerprint density at radius 2 is 2.05 bits per heavy atom. The molecule has 6 heteroatoms. The van der Waals surface area contributed by atoms with E-state index in [1.807, 2.05) is 34.9 Å². The van der Waals surface area contributed by atoms with Crippen LogP contribution < -0.4 is 5.32 Å². The third kappa shape index (κ3) is 2.94. The van der Waals surface area contributed by atoms with Crippen LogP contribution in [-0.4, -0.2) is 26.5 Å². The summed E-state index contributed by atoms with van der Waals surface area (Å²) in [5.74, 6) is -1.74. The number of aliphatic carboxylic acids is 1. The highest BCUT2D eigenvalue weighted by Gasteiger charge is 2.48. The van der Waals surface area contributed by atoms with E-state index >= 15 is 0 Å². The molecule has 1 fully saturated rings. The van der Waals surface area contributed by atoms with Gasteiger partial charge in [0.1, 0.15) is 0 Å². The topological polar surface area (TPSA) is 84.2 Å². The molecule has 6 nitrogen and oxygen atoms in total. The number of imidazole rings is 1. The zero-order chi connectivity index (χ0) is 14.8. The number of carboxylic acids is 1. The van der Waals surface area contributed by atoms with Crippen molar-refractivity contribution < 1.29 is 14.7 Å². The lowest BCUT2D eigenvalue weighted by Crippen LogP contribution is -2.19. The number of anilines is 1. The summed E-state index contributed by atoms with van der Waals surface area (Å²) in [5, 5.41) is 11.6. The second-order valence-corrected chi connectivity index (χ2v) is 5.14. The fourth-order valence-electron chi connectivity index (χ4n) is 2.30. The predicted molar refractivity (Wildman–Crippen MR) is 75.6 cm³/mol. The van der Waals surface area contributed by atoms with Gasteiger partial charge in [-0.15, -0.1) is 0 Å². The van der Waals surface area contributed by atoms with Gasteiger partial charge in [0.15, 0.2) is 0 Å². The van der Waals surface area contributed by atoms with E-state index < -0.39 is 17.8 Å². The summed E-state index contributed by atoms with van der Waals surface area (Å²) in [7, 11) is 0. The summed E-state index contributed by atoms with van der Waals surface area (Å²) in [6.45, 7) is 0.601. The number of hydrogen-bond acceptors (Lipinski definition) is 3. The van der Waals surface area contributed by atoms with E-state index in [1.54, 1.807) is 12.4 Å². The zero-order valence-corrected chi connectivity index (χ0v) is 11.3. The van der Waals surface area contributed by atoms with Crippen molar-refractivity contribution in [2.75, 3.05) is 5.32 Å². The Bertz CT molecular complexity index is 666. The van der Waals surface area contributed by atoms with Crippen LogP contribution in [0.1, 0.15) is 12.0 Å². The number of nitrogens with one attached hydrogen (secondary N) is 1. The second-order valence-electron chi connectivity index (χ2n) is 5.14. The smallest absolute Gasteiger partial charge is 0.307 e. The summed E-state index contributed by atoms with van der Waals surface area (Å²) in [4.78, 5) is 26.9. The van der Waals surface area contributed by atoms with E-state index in [0.717, 1.165) is 5.56 Å². The average Bonchev–Trinajstić information content (AvgIpc) is 3.18. The lowest BCUT2D eigenvalue weighted by Gasteiger charge is -2.08. The number of aromatic nitrogens is 2. The van der Waals surface area contributed by atoms with Gasteiger partial charge in [0.05, 0.1) is 18.4 Å². The molecule has 2 aromatic rings. The Hall–Kier alpha value is -2.63. The third-order valence-corrected chi connectivity index (χ3v) is 3.59. The number of benzene rings is 1. The van der Waals surface area contributed by atoms with Crippen LogP contribution >= 0.6 is 0 Å². The van der Waals surface area contributed by atoms with Gasteiger partial charge in [0.25, 0.3) is 0 Å². The first-order valence-electron chi connectivity index (χ1n) is 6.74. The Balaban J connectivity index is 1.66. The molecule has 3 rings (SSSR count). The van der Waals surface area contributed by atoms with Crippen LogP contribution in [0.2, 0.25) is 0 Å². The number of amides is 1. The van der Waals surface area contributed by atoms with Crippen molar-refractivity contribution in [2.24, 2.45) is 11.8 Å². The summed E-state index contributed by atoms with van der Waals surface area (Å²) in [5.41, 5.74) is 1.10. The van der Waals surface area contributed by atoms with Gasteiger partial charge in [-0.1, -0.05) is 30.3 Å². The van der Waals surface area contributed by atoms with Gasteiger partial charge < -0.3 is 9.67 Å². The van der Waals surface area contributed by atoms with Crippen LogP contribution in [0.15, 0.2) is 42.7 Å². The Labute approximate surface area is 121 Å². The van der Waals surface area contributed by atoms with Crippen molar-refractivity contribution in [1.29, 1.82) is 0 Å². The number of hydrogen-bond donors (Lipinski definition) is 2. The lowest BCUT2D eigenvalue weighted by atomic mass is 10.2. The number of carbonyl (C=O) groups excluding carboxylic acids is 1. The van der Waals surface area contributed by atoms with E-state index in [-0.39, 0.29) is 5.91 Å². The van der Waals surface area contributed by atoms with Gasteiger partial charge in [-0.3, -0.25) is 14.9 Å².